The van der Waals surface area contributed by atoms with E-state index in [0.29, 0.717) is 17.0 Å². The number of aryl methyl sites for hydroxylation is 2. The molecule has 1 amide bonds. The summed E-state index contributed by atoms with van der Waals surface area (Å²) >= 11 is 0. The molecule has 0 spiro atoms. The van der Waals surface area contributed by atoms with E-state index >= 15 is 0 Å². The Morgan fingerprint density at radius 1 is 1.19 bits per heavy atom. The fourth-order valence-electron chi connectivity index (χ4n) is 5.62. The molecule has 1 aromatic carbocycles. The number of hydrogen-bond donors (Lipinski definition) is 2. The minimum atomic E-state index is -0.188. The Kier molecular flexibility index (Phi) is 6.93. The molecule has 0 saturated carbocycles. The van der Waals surface area contributed by atoms with Gasteiger partial charge in [-0.3, -0.25) is 19.6 Å². The first-order valence-corrected chi connectivity index (χ1v) is 12.8. The third kappa shape index (κ3) is 4.81. The van der Waals surface area contributed by atoms with Gasteiger partial charge in [0.05, 0.1) is 17.5 Å². The van der Waals surface area contributed by atoms with Crippen LogP contribution in [0, 0.1) is 26.7 Å². The third-order valence-corrected chi connectivity index (χ3v) is 7.61. The lowest BCUT2D eigenvalue weighted by atomic mass is 9.92. The monoisotopic (exact) mass is 499 g/mol. The topological polar surface area (TPSA) is 102 Å². The molecular weight excluding hydrogens is 466 g/mol. The number of aromatic amines is 1. The molecule has 8 nitrogen and oxygen atoms in total. The van der Waals surface area contributed by atoms with Gasteiger partial charge in [-0.15, -0.1) is 0 Å². The van der Waals surface area contributed by atoms with Crippen LogP contribution in [0.25, 0.3) is 22.2 Å². The quantitative estimate of drug-likeness (QED) is 0.403. The molecule has 3 aromatic heterocycles. The number of aromatic nitrogens is 4. The number of nitrogens with one attached hydrogen (secondary N) is 2. The van der Waals surface area contributed by atoms with Crippen LogP contribution in [0.15, 0.2) is 47.7 Å². The van der Waals surface area contributed by atoms with E-state index in [0.717, 1.165) is 65.2 Å². The van der Waals surface area contributed by atoms with Crippen LogP contribution in [0.5, 0.6) is 0 Å². The Morgan fingerprint density at radius 3 is 2.68 bits per heavy atom. The van der Waals surface area contributed by atoms with E-state index in [-0.39, 0.29) is 24.1 Å². The van der Waals surface area contributed by atoms with Crippen LogP contribution in [-0.2, 0) is 11.3 Å². The van der Waals surface area contributed by atoms with Crippen molar-refractivity contribution in [2.45, 2.75) is 53.1 Å². The van der Waals surface area contributed by atoms with Gasteiger partial charge in [-0.2, -0.15) is 0 Å². The van der Waals surface area contributed by atoms with Gasteiger partial charge in [0.15, 0.2) is 0 Å². The first-order valence-electron chi connectivity index (χ1n) is 12.8. The first kappa shape index (κ1) is 24.9. The van der Waals surface area contributed by atoms with Crippen LogP contribution in [0.1, 0.15) is 58.7 Å². The second kappa shape index (κ2) is 10.3. The Hall–Kier alpha value is -3.78. The van der Waals surface area contributed by atoms with Crippen LogP contribution in [0.2, 0.25) is 0 Å². The van der Waals surface area contributed by atoms with Gasteiger partial charge < -0.3 is 19.6 Å². The number of ether oxygens (including phenoxy) is 1. The molecule has 0 aliphatic carbocycles. The molecule has 37 heavy (non-hydrogen) atoms. The molecule has 0 unspecified atom stereocenters. The molecule has 1 saturated heterocycles. The Morgan fingerprint density at radius 2 is 1.97 bits per heavy atom. The van der Waals surface area contributed by atoms with Gasteiger partial charge in [0.25, 0.3) is 11.5 Å². The maximum atomic E-state index is 13.6. The average Bonchev–Trinajstić information content (AvgIpc) is 3.19. The summed E-state index contributed by atoms with van der Waals surface area (Å²) < 4.78 is 7.90. The molecule has 1 aliphatic heterocycles. The zero-order valence-electron chi connectivity index (χ0n) is 21.8. The van der Waals surface area contributed by atoms with Gasteiger partial charge in [-0.25, -0.2) is 0 Å². The number of benzene rings is 1. The fourth-order valence-corrected chi connectivity index (χ4v) is 5.62. The van der Waals surface area contributed by atoms with Crippen molar-refractivity contribution in [3.63, 3.8) is 0 Å². The van der Waals surface area contributed by atoms with E-state index in [4.69, 9.17) is 4.74 Å². The lowest BCUT2D eigenvalue weighted by molar-refractivity contribution is 0.0517. The van der Waals surface area contributed by atoms with Crippen molar-refractivity contribution in [3.8, 4) is 11.3 Å². The number of hydrogen-bond acceptors (Lipinski definition) is 5. The zero-order valence-corrected chi connectivity index (χ0v) is 21.8. The van der Waals surface area contributed by atoms with Crippen LogP contribution in [-0.4, -0.2) is 38.6 Å². The summed E-state index contributed by atoms with van der Waals surface area (Å²) in [5.41, 5.74) is 6.35. The van der Waals surface area contributed by atoms with Gasteiger partial charge in [0, 0.05) is 71.6 Å². The maximum absolute atomic E-state index is 13.6. The Labute approximate surface area is 216 Å². The van der Waals surface area contributed by atoms with Crippen molar-refractivity contribution in [2.75, 3.05) is 13.2 Å². The molecule has 4 heterocycles. The van der Waals surface area contributed by atoms with Gasteiger partial charge in [-0.05, 0) is 64.2 Å². The van der Waals surface area contributed by atoms with Crippen molar-refractivity contribution in [1.29, 1.82) is 0 Å². The molecule has 8 heteroatoms. The minimum absolute atomic E-state index is 0.166. The molecule has 4 aromatic rings. The predicted molar refractivity (Wildman–Crippen MR) is 144 cm³/mol. The summed E-state index contributed by atoms with van der Waals surface area (Å²) in [5, 5.41) is 3.90. The lowest BCUT2D eigenvalue weighted by Gasteiger charge is -2.30. The summed E-state index contributed by atoms with van der Waals surface area (Å²) in [6.45, 7) is 9.67. The van der Waals surface area contributed by atoms with Crippen molar-refractivity contribution in [2.24, 2.45) is 5.92 Å². The number of carbonyl (C=O) groups is 1. The predicted octanol–water partition coefficient (Wildman–Crippen LogP) is 4.63. The normalized spacial score (nSPS) is 15.1. The summed E-state index contributed by atoms with van der Waals surface area (Å²) in [5.74, 6) is 0.264. The second-order valence-corrected chi connectivity index (χ2v) is 9.97. The average molecular weight is 500 g/mol. The van der Waals surface area contributed by atoms with Gasteiger partial charge >= 0.3 is 0 Å². The lowest BCUT2D eigenvalue weighted by Crippen LogP contribution is -2.28. The SMILES string of the molecule is Cc1cc(C)c(CNC(=O)c2c(C)n([C@@H](C)C3CCOCC3)c3cc(-c4cnccn4)ccc23)c(=O)[nH]1. The number of fused-ring (bicyclic) bond motifs is 1. The third-order valence-electron chi connectivity index (χ3n) is 7.61. The summed E-state index contributed by atoms with van der Waals surface area (Å²) in [6, 6.07) is 8.20. The highest BCUT2D eigenvalue weighted by atomic mass is 16.5. The largest absolute Gasteiger partial charge is 0.381 e. The number of rotatable bonds is 6. The van der Waals surface area contributed by atoms with E-state index in [2.05, 4.69) is 37.8 Å². The molecule has 1 aliphatic rings. The van der Waals surface area contributed by atoms with E-state index in [1.165, 1.54) is 0 Å². The highest BCUT2D eigenvalue weighted by Gasteiger charge is 2.28. The van der Waals surface area contributed by atoms with E-state index < -0.39 is 0 Å². The molecule has 0 bridgehead atoms. The Bertz CT molecular complexity index is 1500. The molecule has 2 N–H and O–H groups in total. The fraction of sp³-hybridized carbons (Fsp3) is 0.379. The summed E-state index contributed by atoms with van der Waals surface area (Å²) in [4.78, 5) is 37.6. The van der Waals surface area contributed by atoms with E-state index in [9.17, 15) is 9.59 Å². The molecule has 192 valence electrons. The maximum Gasteiger partial charge on any atom is 0.254 e. The summed E-state index contributed by atoms with van der Waals surface area (Å²) in [7, 11) is 0. The van der Waals surface area contributed by atoms with Crippen LogP contribution in [0.3, 0.4) is 0 Å². The van der Waals surface area contributed by atoms with E-state index in [1.54, 1.807) is 18.6 Å². The van der Waals surface area contributed by atoms with Crippen LogP contribution in [0.4, 0.5) is 0 Å². The standard InChI is InChI=1S/C29H33N5O3/c1-17-13-18(2)33-28(35)24(17)15-32-29(36)27-20(4)34(19(3)21-7-11-37-12-8-21)26-14-22(5-6-23(26)27)25-16-30-9-10-31-25/h5-6,9-10,13-14,16,19,21H,7-8,11-12,15H2,1-4H3,(H,32,36)(H,33,35)/t19-/m0/s1. The highest BCUT2D eigenvalue weighted by molar-refractivity contribution is 6.09. The number of nitrogens with zero attached hydrogens (tertiary/aromatic N) is 3. The van der Waals surface area contributed by atoms with E-state index in [1.807, 2.05) is 39.0 Å². The molecule has 5 rings (SSSR count). The molecule has 0 radical (unpaired) electrons. The number of carbonyl (C=O) groups excluding carboxylic acids is 1. The van der Waals surface area contributed by atoms with Crippen molar-refractivity contribution >= 4 is 16.8 Å². The number of H-pyrrole nitrogens is 1. The van der Waals surface area contributed by atoms with Gasteiger partial charge in [0.2, 0.25) is 0 Å². The van der Waals surface area contributed by atoms with Crippen LogP contribution >= 0.6 is 0 Å². The van der Waals surface area contributed by atoms with Crippen molar-refractivity contribution in [3.05, 3.63) is 81.3 Å². The van der Waals surface area contributed by atoms with Crippen LogP contribution < -0.4 is 10.9 Å². The number of amides is 1. The van der Waals surface area contributed by atoms with Gasteiger partial charge in [0.1, 0.15) is 0 Å². The highest BCUT2D eigenvalue weighted by Crippen LogP contribution is 2.37. The second-order valence-electron chi connectivity index (χ2n) is 9.97. The van der Waals surface area contributed by atoms with Crippen molar-refractivity contribution in [1.82, 2.24) is 24.8 Å². The van der Waals surface area contributed by atoms with Gasteiger partial charge in [-0.1, -0.05) is 12.1 Å². The molecule has 1 fully saturated rings. The molecular formula is C29H33N5O3. The summed E-state index contributed by atoms with van der Waals surface area (Å²) in [6.07, 6.45) is 7.06. The smallest absolute Gasteiger partial charge is 0.254 e. The zero-order chi connectivity index (χ0) is 26.1. The Balaban J connectivity index is 1.57. The number of pyridine rings is 1. The first-order chi connectivity index (χ1) is 17.8. The van der Waals surface area contributed by atoms with Crippen molar-refractivity contribution < 1.29 is 9.53 Å². The minimum Gasteiger partial charge on any atom is -0.381 e. The molecule has 1 atom stereocenters.